The summed E-state index contributed by atoms with van der Waals surface area (Å²) in [6.45, 7) is 4.28. The van der Waals surface area contributed by atoms with Gasteiger partial charge in [-0.25, -0.2) is 14.4 Å². The maximum Gasteiger partial charge on any atom is 0.186 e. The fourth-order valence-electron chi connectivity index (χ4n) is 1.78. The van der Waals surface area contributed by atoms with Crippen molar-refractivity contribution in [2.45, 2.75) is 26.8 Å². The molecule has 0 saturated heterocycles. The number of nitrogens with zero attached hydrogens (tertiary/aromatic N) is 4. The third kappa shape index (κ3) is 2.47. The van der Waals surface area contributed by atoms with Gasteiger partial charge in [0.25, 0.3) is 0 Å². The zero-order valence-electron chi connectivity index (χ0n) is 10.7. The summed E-state index contributed by atoms with van der Waals surface area (Å²) in [6, 6.07) is 0. The van der Waals surface area contributed by atoms with Crippen molar-refractivity contribution in [2.24, 2.45) is 7.05 Å². The molecule has 0 unspecified atom stereocenters. The Morgan fingerprint density at radius 2 is 2.17 bits per heavy atom. The Hall–Kier alpha value is -1.98. The first kappa shape index (κ1) is 12.5. The zero-order valence-corrected chi connectivity index (χ0v) is 10.7. The quantitative estimate of drug-likeness (QED) is 0.898. The van der Waals surface area contributed by atoms with Crippen LogP contribution >= 0.6 is 0 Å². The minimum atomic E-state index is -0.374. The molecule has 2 rings (SSSR count). The lowest BCUT2D eigenvalue weighted by atomic mass is 10.2. The molecule has 1 N–H and O–H groups in total. The Bertz CT molecular complexity index is 549. The Balaban J connectivity index is 2.13. The molecule has 0 spiro atoms. The average Bonchev–Trinajstić information content (AvgIpc) is 2.66. The minimum absolute atomic E-state index is 0.241. The Morgan fingerprint density at radius 3 is 2.78 bits per heavy atom. The molecular formula is C12H16FN5. The standard InChI is InChI=1S/C12H16FN5/c1-4-10-11(13)12(16-7-15-10)14-5-9-6-18(3)17-8(9)2/h6-7H,4-5H2,1-3H3,(H,14,15,16). The molecule has 0 bridgehead atoms. The predicted octanol–water partition coefficient (Wildman–Crippen LogP) is 1.83. The summed E-state index contributed by atoms with van der Waals surface area (Å²) in [7, 11) is 1.86. The summed E-state index contributed by atoms with van der Waals surface area (Å²) >= 11 is 0. The first-order valence-corrected chi connectivity index (χ1v) is 5.84. The van der Waals surface area contributed by atoms with Gasteiger partial charge in [0.15, 0.2) is 11.6 Å². The van der Waals surface area contributed by atoms with Crippen LogP contribution in [0.3, 0.4) is 0 Å². The van der Waals surface area contributed by atoms with Gasteiger partial charge >= 0.3 is 0 Å². The summed E-state index contributed by atoms with van der Waals surface area (Å²) in [4.78, 5) is 7.81. The van der Waals surface area contributed by atoms with Crippen molar-refractivity contribution in [1.29, 1.82) is 0 Å². The zero-order chi connectivity index (χ0) is 13.1. The van der Waals surface area contributed by atoms with Gasteiger partial charge in [0.2, 0.25) is 0 Å². The summed E-state index contributed by atoms with van der Waals surface area (Å²) in [5.74, 6) is -0.133. The van der Waals surface area contributed by atoms with E-state index in [0.717, 1.165) is 11.3 Å². The highest BCUT2D eigenvalue weighted by molar-refractivity contribution is 5.38. The third-order valence-electron chi connectivity index (χ3n) is 2.76. The van der Waals surface area contributed by atoms with Crippen LogP contribution in [0.2, 0.25) is 0 Å². The largest absolute Gasteiger partial charge is 0.363 e. The van der Waals surface area contributed by atoms with Gasteiger partial charge in [-0.3, -0.25) is 4.68 Å². The topological polar surface area (TPSA) is 55.6 Å². The van der Waals surface area contributed by atoms with Crippen LogP contribution in [0.25, 0.3) is 0 Å². The second kappa shape index (κ2) is 5.12. The van der Waals surface area contributed by atoms with Gasteiger partial charge in [0, 0.05) is 25.4 Å². The van der Waals surface area contributed by atoms with Crippen LogP contribution in [0.15, 0.2) is 12.5 Å². The molecule has 0 aliphatic carbocycles. The molecule has 18 heavy (non-hydrogen) atoms. The Morgan fingerprint density at radius 1 is 1.39 bits per heavy atom. The van der Waals surface area contributed by atoms with Gasteiger partial charge in [-0.15, -0.1) is 0 Å². The second-order valence-corrected chi connectivity index (χ2v) is 4.10. The van der Waals surface area contributed by atoms with E-state index in [1.54, 1.807) is 4.68 Å². The van der Waals surface area contributed by atoms with Crippen LogP contribution in [-0.2, 0) is 20.0 Å². The summed E-state index contributed by atoms with van der Waals surface area (Å²) in [5, 5.41) is 7.21. The van der Waals surface area contributed by atoms with E-state index in [0.29, 0.717) is 18.7 Å². The highest BCUT2D eigenvalue weighted by Crippen LogP contribution is 2.15. The summed E-state index contributed by atoms with van der Waals surface area (Å²) in [6.07, 6.45) is 3.83. The third-order valence-corrected chi connectivity index (χ3v) is 2.76. The van der Waals surface area contributed by atoms with E-state index < -0.39 is 0 Å². The van der Waals surface area contributed by atoms with Crippen LogP contribution in [0.1, 0.15) is 23.9 Å². The van der Waals surface area contributed by atoms with E-state index in [1.807, 2.05) is 27.1 Å². The minimum Gasteiger partial charge on any atom is -0.363 e. The molecule has 6 heteroatoms. The fraction of sp³-hybridized carbons (Fsp3) is 0.417. The Labute approximate surface area is 105 Å². The van der Waals surface area contributed by atoms with Crippen LogP contribution in [0.5, 0.6) is 0 Å². The molecular weight excluding hydrogens is 233 g/mol. The molecule has 96 valence electrons. The molecule has 0 amide bonds. The van der Waals surface area contributed by atoms with E-state index >= 15 is 0 Å². The Kier molecular flexibility index (Phi) is 3.55. The van der Waals surface area contributed by atoms with Crippen molar-refractivity contribution >= 4 is 5.82 Å². The van der Waals surface area contributed by atoms with Gasteiger partial charge in [-0.1, -0.05) is 6.92 Å². The number of halogens is 1. The van der Waals surface area contributed by atoms with E-state index in [1.165, 1.54) is 6.33 Å². The van der Waals surface area contributed by atoms with Crippen molar-refractivity contribution < 1.29 is 4.39 Å². The van der Waals surface area contributed by atoms with Gasteiger partial charge in [0.1, 0.15) is 6.33 Å². The maximum atomic E-state index is 13.9. The molecule has 0 radical (unpaired) electrons. The van der Waals surface area contributed by atoms with E-state index in [-0.39, 0.29) is 11.6 Å². The number of hydrogen-bond acceptors (Lipinski definition) is 4. The average molecular weight is 249 g/mol. The molecule has 0 fully saturated rings. The van der Waals surface area contributed by atoms with Crippen molar-refractivity contribution in [1.82, 2.24) is 19.7 Å². The van der Waals surface area contributed by atoms with Crippen molar-refractivity contribution in [3.05, 3.63) is 35.3 Å². The van der Waals surface area contributed by atoms with Crippen LogP contribution in [0, 0.1) is 12.7 Å². The molecule has 0 aliphatic heterocycles. The first-order valence-electron chi connectivity index (χ1n) is 5.84. The predicted molar refractivity (Wildman–Crippen MR) is 66.6 cm³/mol. The molecule has 0 atom stereocenters. The highest BCUT2D eigenvalue weighted by Gasteiger charge is 2.10. The van der Waals surface area contributed by atoms with Crippen molar-refractivity contribution in [2.75, 3.05) is 5.32 Å². The number of anilines is 1. The van der Waals surface area contributed by atoms with Crippen molar-refractivity contribution in [3.8, 4) is 0 Å². The summed E-state index contributed by atoms with van der Waals surface area (Å²) in [5.41, 5.74) is 2.37. The number of nitrogens with one attached hydrogen (secondary N) is 1. The van der Waals surface area contributed by atoms with Gasteiger partial charge < -0.3 is 5.32 Å². The molecule has 0 aromatic carbocycles. The highest BCUT2D eigenvalue weighted by atomic mass is 19.1. The molecule has 0 aliphatic rings. The maximum absolute atomic E-state index is 13.9. The van der Waals surface area contributed by atoms with Crippen LogP contribution in [0.4, 0.5) is 10.2 Å². The monoisotopic (exact) mass is 249 g/mol. The second-order valence-electron chi connectivity index (χ2n) is 4.10. The molecule has 2 heterocycles. The van der Waals surface area contributed by atoms with Gasteiger partial charge in [-0.2, -0.15) is 5.10 Å². The number of aryl methyl sites for hydroxylation is 3. The molecule has 2 aromatic heterocycles. The number of hydrogen-bond donors (Lipinski definition) is 1. The number of aromatic nitrogens is 4. The van der Waals surface area contributed by atoms with Crippen LogP contribution in [-0.4, -0.2) is 19.7 Å². The SMILES string of the molecule is CCc1ncnc(NCc2cn(C)nc2C)c1F. The normalized spacial score (nSPS) is 10.7. The van der Waals surface area contributed by atoms with Crippen molar-refractivity contribution in [3.63, 3.8) is 0 Å². The molecule has 0 saturated carbocycles. The summed E-state index contributed by atoms with van der Waals surface area (Å²) < 4.78 is 15.6. The van der Waals surface area contributed by atoms with E-state index in [2.05, 4.69) is 20.4 Å². The lowest BCUT2D eigenvalue weighted by Gasteiger charge is -2.07. The smallest absolute Gasteiger partial charge is 0.186 e. The lowest BCUT2D eigenvalue weighted by Crippen LogP contribution is -2.07. The first-order chi connectivity index (χ1) is 8.61. The lowest BCUT2D eigenvalue weighted by molar-refractivity contribution is 0.596. The van der Waals surface area contributed by atoms with E-state index in [9.17, 15) is 4.39 Å². The van der Waals surface area contributed by atoms with E-state index in [4.69, 9.17) is 0 Å². The fourth-order valence-corrected chi connectivity index (χ4v) is 1.78. The molecule has 2 aromatic rings. The molecule has 5 nitrogen and oxygen atoms in total. The van der Waals surface area contributed by atoms with Gasteiger partial charge in [-0.05, 0) is 13.3 Å². The van der Waals surface area contributed by atoms with Crippen LogP contribution < -0.4 is 5.32 Å². The van der Waals surface area contributed by atoms with Gasteiger partial charge in [0.05, 0.1) is 11.4 Å². The number of rotatable bonds is 4.